The van der Waals surface area contributed by atoms with E-state index in [2.05, 4.69) is 4.74 Å². The van der Waals surface area contributed by atoms with E-state index in [0.29, 0.717) is 25.4 Å². The van der Waals surface area contributed by atoms with Gasteiger partial charge in [-0.3, -0.25) is 0 Å². The van der Waals surface area contributed by atoms with Crippen molar-refractivity contribution >= 4 is 17.7 Å². The zero-order valence-electron chi connectivity index (χ0n) is 14.0. The average Bonchev–Trinajstić information content (AvgIpc) is 2.90. The summed E-state index contributed by atoms with van der Waals surface area (Å²) in [7, 11) is 1.36. The summed E-state index contributed by atoms with van der Waals surface area (Å²) in [5.74, 6) is 2.80. The van der Waals surface area contributed by atoms with Gasteiger partial charge in [-0.05, 0) is 42.5 Å². The van der Waals surface area contributed by atoms with Crippen LogP contribution in [-0.2, 0) is 4.74 Å². The first-order valence-electron chi connectivity index (χ1n) is 8.10. The van der Waals surface area contributed by atoms with Gasteiger partial charge in [0.2, 0.25) is 0 Å². The van der Waals surface area contributed by atoms with Crippen LogP contribution in [0.25, 0.3) is 0 Å². The summed E-state index contributed by atoms with van der Waals surface area (Å²) < 4.78 is 21.7. The molecule has 0 amide bonds. The lowest BCUT2D eigenvalue weighted by Gasteiger charge is -2.10. The van der Waals surface area contributed by atoms with Crippen molar-refractivity contribution in [2.45, 2.75) is 11.3 Å². The molecule has 1 aliphatic rings. The van der Waals surface area contributed by atoms with Gasteiger partial charge in [0.15, 0.2) is 11.5 Å². The maximum atomic E-state index is 11.4. The summed E-state index contributed by atoms with van der Waals surface area (Å²) in [5.41, 5.74) is 0.511. The minimum atomic E-state index is -0.350. The second kappa shape index (κ2) is 8.67. The summed E-state index contributed by atoms with van der Waals surface area (Å²) in [6.07, 6.45) is 0.903. The van der Waals surface area contributed by atoms with Gasteiger partial charge in [0.05, 0.1) is 32.5 Å². The summed E-state index contributed by atoms with van der Waals surface area (Å²) in [4.78, 5) is 12.5. The fraction of sp³-hybridized carbons (Fsp3) is 0.316. The quantitative estimate of drug-likeness (QED) is 0.444. The lowest BCUT2D eigenvalue weighted by molar-refractivity contribution is 0.0600. The van der Waals surface area contributed by atoms with Gasteiger partial charge in [0, 0.05) is 17.1 Å². The Morgan fingerprint density at radius 2 is 1.84 bits per heavy atom. The van der Waals surface area contributed by atoms with E-state index in [1.165, 1.54) is 7.11 Å². The van der Waals surface area contributed by atoms with Gasteiger partial charge in [0.25, 0.3) is 0 Å². The molecule has 6 heteroatoms. The Bertz CT molecular complexity index is 714. The molecule has 0 radical (unpaired) electrons. The molecule has 0 bridgehead atoms. The molecule has 0 fully saturated rings. The number of carbonyl (C=O) groups is 1. The fourth-order valence-electron chi connectivity index (χ4n) is 2.36. The van der Waals surface area contributed by atoms with Crippen LogP contribution in [0.3, 0.4) is 0 Å². The van der Waals surface area contributed by atoms with Gasteiger partial charge in [-0.2, -0.15) is 0 Å². The Balaban J connectivity index is 1.47. The van der Waals surface area contributed by atoms with E-state index in [0.717, 1.165) is 34.3 Å². The van der Waals surface area contributed by atoms with Gasteiger partial charge in [0.1, 0.15) is 5.75 Å². The third-order valence-corrected chi connectivity index (χ3v) is 4.57. The highest BCUT2D eigenvalue weighted by Crippen LogP contribution is 2.33. The molecule has 0 unspecified atom stereocenters. The molecule has 5 nitrogen and oxygen atoms in total. The highest BCUT2D eigenvalue weighted by molar-refractivity contribution is 7.99. The number of ether oxygens (including phenoxy) is 4. The fourth-order valence-corrected chi connectivity index (χ4v) is 3.11. The number of esters is 1. The van der Waals surface area contributed by atoms with Crippen molar-refractivity contribution in [2.75, 3.05) is 32.7 Å². The predicted molar refractivity (Wildman–Crippen MR) is 96.0 cm³/mol. The van der Waals surface area contributed by atoms with Gasteiger partial charge < -0.3 is 18.9 Å². The smallest absolute Gasteiger partial charge is 0.337 e. The predicted octanol–water partition coefficient (Wildman–Crippen LogP) is 3.81. The first-order chi connectivity index (χ1) is 12.3. The first kappa shape index (κ1) is 17.5. The number of hydrogen-bond donors (Lipinski definition) is 0. The van der Waals surface area contributed by atoms with Gasteiger partial charge in [-0.15, -0.1) is 11.8 Å². The second-order valence-corrected chi connectivity index (χ2v) is 6.54. The van der Waals surface area contributed by atoms with Gasteiger partial charge in [-0.25, -0.2) is 4.79 Å². The average molecular weight is 360 g/mol. The third kappa shape index (κ3) is 4.82. The maximum absolute atomic E-state index is 11.4. The Labute approximate surface area is 151 Å². The minimum Gasteiger partial charge on any atom is -0.493 e. The molecule has 2 aromatic carbocycles. The number of rotatable bonds is 6. The standard InChI is InChI=1S/C19H20O5S/c1-21-19(20)14-3-5-15(6-4-14)22-11-12-25-16-7-8-17-18(13-16)24-10-2-9-23-17/h3-8,13H,2,9-12H2,1H3. The maximum Gasteiger partial charge on any atom is 0.337 e. The molecule has 132 valence electrons. The third-order valence-electron chi connectivity index (χ3n) is 3.62. The van der Waals surface area contributed by atoms with Crippen LogP contribution < -0.4 is 14.2 Å². The normalized spacial score (nSPS) is 13.0. The SMILES string of the molecule is COC(=O)c1ccc(OCCSc2ccc3c(c2)OCCCO3)cc1. The van der Waals surface area contributed by atoms with Gasteiger partial charge in [-0.1, -0.05) is 0 Å². The Kier molecular flexibility index (Phi) is 6.06. The van der Waals surface area contributed by atoms with Crippen molar-refractivity contribution in [3.63, 3.8) is 0 Å². The molecule has 0 saturated heterocycles. The summed E-state index contributed by atoms with van der Waals surface area (Å²) >= 11 is 1.70. The monoisotopic (exact) mass is 360 g/mol. The molecule has 0 spiro atoms. The van der Waals surface area contributed by atoms with E-state index in [-0.39, 0.29) is 5.97 Å². The van der Waals surface area contributed by atoms with Crippen LogP contribution in [0.2, 0.25) is 0 Å². The van der Waals surface area contributed by atoms with E-state index in [1.807, 2.05) is 18.2 Å². The summed E-state index contributed by atoms with van der Waals surface area (Å²) in [6.45, 7) is 1.95. The molecule has 3 rings (SSSR count). The zero-order valence-corrected chi connectivity index (χ0v) is 14.8. The Morgan fingerprint density at radius 1 is 1.08 bits per heavy atom. The lowest BCUT2D eigenvalue weighted by Crippen LogP contribution is -2.02. The lowest BCUT2D eigenvalue weighted by atomic mass is 10.2. The topological polar surface area (TPSA) is 54.0 Å². The Morgan fingerprint density at radius 3 is 2.60 bits per heavy atom. The molecule has 0 aliphatic carbocycles. The highest BCUT2D eigenvalue weighted by Gasteiger charge is 2.11. The van der Waals surface area contributed by atoms with Crippen LogP contribution in [0.1, 0.15) is 16.8 Å². The van der Waals surface area contributed by atoms with E-state index >= 15 is 0 Å². The molecular weight excluding hydrogens is 340 g/mol. The minimum absolute atomic E-state index is 0.350. The molecule has 0 N–H and O–H groups in total. The largest absolute Gasteiger partial charge is 0.493 e. The van der Waals surface area contributed by atoms with Crippen molar-refractivity contribution in [1.82, 2.24) is 0 Å². The molecule has 1 heterocycles. The van der Waals surface area contributed by atoms with E-state index in [4.69, 9.17) is 14.2 Å². The summed E-state index contributed by atoms with van der Waals surface area (Å²) in [5, 5.41) is 0. The molecule has 25 heavy (non-hydrogen) atoms. The van der Waals surface area contributed by atoms with Crippen LogP contribution in [0.5, 0.6) is 17.2 Å². The number of fused-ring (bicyclic) bond motifs is 1. The van der Waals surface area contributed by atoms with Crippen LogP contribution in [0, 0.1) is 0 Å². The van der Waals surface area contributed by atoms with Crippen molar-refractivity contribution in [3.05, 3.63) is 48.0 Å². The van der Waals surface area contributed by atoms with Crippen LogP contribution in [0.4, 0.5) is 0 Å². The molecular formula is C19H20O5S. The van der Waals surface area contributed by atoms with E-state index in [9.17, 15) is 4.79 Å². The molecule has 0 saturated carbocycles. The summed E-state index contributed by atoms with van der Waals surface area (Å²) in [6, 6.07) is 12.9. The van der Waals surface area contributed by atoms with Crippen molar-refractivity contribution < 1.29 is 23.7 Å². The Hall–Kier alpha value is -2.34. The molecule has 0 atom stereocenters. The number of benzene rings is 2. The molecule has 1 aliphatic heterocycles. The highest BCUT2D eigenvalue weighted by atomic mass is 32.2. The molecule has 0 aromatic heterocycles. The second-order valence-electron chi connectivity index (χ2n) is 5.37. The number of hydrogen-bond acceptors (Lipinski definition) is 6. The van der Waals surface area contributed by atoms with E-state index < -0.39 is 0 Å². The van der Waals surface area contributed by atoms with Gasteiger partial charge >= 0.3 is 5.97 Å². The number of methoxy groups -OCH3 is 1. The van der Waals surface area contributed by atoms with Crippen molar-refractivity contribution in [3.8, 4) is 17.2 Å². The zero-order chi connectivity index (χ0) is 17.5. The first-order valence-corrected chi connectivity index (χ1v) is 9.08. The number of thioether (sulfide) groups is 1. The van der Waals surface area contributed by atoms with Crippen molar-refractivity contribution in [2.24, 2.45) is 0 Å². The molecule has 2 aromatic rings. The van der Waals surface area contributed by atoms with E-state index in [1.54, 1.807) is 36.0 Å². The van der Waals surface area contributed by atoms with Crippen molar-refractivity contribution in [1.29, 1.82) is 0 Å². The van der Waals surface area contributed by atoms with Crippen LogP contribution in [-0.4, -0.2) is 38.7 Å². The number of carbonyl (C=O) groups excluding carboxylic acids is 1. The van der Waals surface area contributed by atoms with Crippen LogP contribution in [0.15, 0.2) is 47.4 Å². The van der Waals surface area contributed by atoms with Crippen LogP contribution >= 0.6 is 11.8 Å².